The molecule has 110 valence electrons. The Morgan fingerprint density at radius 2 is 1.95 bits per heavy atom. The maximum Gasteiger partial charge on any atom is 0.252 e. The molecule has 0 aliphatic heterocycles. The van der Waals surface area contributed by atoms with E-state index in [-0.39, 0.29) is 11.9 Å². The van der Waals surface area contributed by atoms with Crippen LogP contribution in [0, 0.1) is 0 Å². The first kappa shape index (κ1) is 15.5. The number of hydrogen-bond acceptors (Lipinski definition) is 3. The van der Waals surface area contributed by atoms with Gasteiger partial charge >= 0.3 is 0 Å². The first-order valence-electron chi connectivity index (χ1n) is 6.69. The molecule has 0 radical (unpaired) electrons. The molecular weight excluding hydrogens is 286 g/mol. The Hall–Kier alpha value is -1.91. The van der Waals surface area contributed by atoms with Crippen molar-refractivity contribution in [2.45, 2.75) is 6.04 Å². The van der Waals surface area contributed by atoms with Crippen molar-refractivity contribution in [3.63, 3.8) is 0 Å². The van der Waals surface area contributed by atoms with Crippen molar-refractivity contribution in [3.8, 4) is 0 Å². The Kier molecular flexibility index (Phi) is 5.31. The van der Waals surface area contributed by atoms with Gasteiger partial charge < -0.3 is 10.2 Å². The van der Waals surface area contributed by atoms with Gasteiger partial charge in [0.1, 0.15) is 5.15 Å². The lowest BCUT2D eigenvalue weighted by Gasteiger charge is -2.25. The van der Waals surface area contributed by atoms with Crippen LogP contribution in [0.25, 0.3) is 0 Å². The molecule has 0 bridgehead atoms. The zero-order valence-corrected chi connectivity index (χ0v) is 12.8. The van der Waals surface area contributed by atoms with Crippen LogP contribution < -0.4 is 5.32 Å². The fourth-order valence-electron chi connectivity index (χ4n) is 2.08. The van der Waals surface area contributed by atoms with Gasteiger partial charge in [-0.3, -0.25) is 4.79 Å². The first-order valence-corrected chi connectivity index (χ1v) is 7.07. The van der Waals surface area contributed by atoms with Gasteiger partial charge in [-0.15, -0.1) is 0 Å². The molecule has 1 N–H and O–H groups in total. The number of likely N-dealkylation sites (N-methyl/N-ethyl adjacent to an activating group) is 1. The molecule has 0 aliphatic carbocycles. The Balaban J connectivity index is 2.02. The quantitative estimate of drug-likeness (QED) is 0.864. The van der Waals surface area contributed by atoms with Gasteiger partial charge in [-0.25, -0.2) is 4.98 Å². The van der Waals surface area contributed by atoms with E-state index in [0.717, 1.165) is 5.56 Å². The number of nitrogens with zero attached hydrogens (tertiary/aromatic N) is 2. The zero-order valence-electron chi connectivity index (χ0n) is 12.1. The third-order valence-corrected chi connectivity index (χ3v) is 3.48. The number of rotatable bonds is 5. The average molecular weight is 304 g/mol. The fraction of sp³-hybridized carbons (Fsp3) is 0.250. The van der Waals surface area contributed by atoms with Gasteiger partial charge in [0.25, 0.3) is 5.91 Å². The molecule has 1 atom stereocenters. The van der Waals surface area contributed by atoms with Crippen LogP contribution in [0.3, 0.4) is 0 Å². The van der Waals surface area contributed by atoms with E-state index < -0.39 is 0 Å². The van der Waals surface area contributed by atoms with E-state index in [4.69, 9.17) is 11.6 Å². The molecule has 5 heteroatoms. The van der Waals surface area contributed by atoms with E-state index in [1.807, 2.05) is 32.3 Å². The number of nitrogens with one attached hydrogen (secondary N) is 1. The minimum atomic E-state index is -0.151. The molecule has 0 spiro atoms. The fourth-order valence-corrected chi connectivity index (χ4v) is 2.19. The number of halogens is 1. The van der Waals surface area contributed by atoms with Crippen molar-refractivity contribution in [1.29, 1.82) is 0 Å². The van der Waals surface area contributed by atoms with Crippen molar-refractivity contribution in [3.05, 3.63) is 64.9 Å². The number of pyridine rings is 1. The van der Waals surface area contributed by atoms with Crippen LogP contribution in [-0.4, -0.2) is 36.4 Å². The second kappa shape index (κ2) is 7.20. The summed E-state index contributed by atoms with van der Waals surface area (Å²) in [7, 11) is 3.99. The molecule has 2 aromatic rings. The number of aromatic nitrogens is 1. The lowest BCUT2D eigenvalue weighted by Crippen LogP contribution is -2.34. The average Bonchev–Trinajstić information content (AvgIpc) is 2.48. The summed E-state index contributed by atoms with van der Waals surface area (Å²) in [4.78, 5) is 18.1. The Morgan fingerprint density at radius 1 is 1.24 bits per heavy atom. The summed E-state index contributed by atoms with van der Waals surface area (Å²) in [5, 5.41) is 3.31. The highest BCUT2D eigenvalue weighted by Gasteiger charge is 2.15. The van der Waals surface area contributed by atoms with Crippen molar-refractivity contribution in [2.24, 2.45) is 0 Å². The van der Waals surface area contributed by atoms with E-state index in [9.17, 15) is 4.79 Å². The van der Waals surface area contributed by atoms with Crippen LogP contribution >= 0.6 is 11.6 Å². The van der Waals surface area contributed by atoms with E-state index in [1.54, 1.807) is 12.1 Å². The molecule has 0 saturated heterocycles. The smallest absolute Gasteiger partial charge is 0.252 e. The van der Waals surface area contributed by atoms with Crippen LogP contribution in [0.1, 0.15) is 22.0 Å². The second-order valence-electron chi connectivity index (χ2n) is 4.97. The number of benzene rings is 1. The molecule has 21 heavy (non-hydrogen) atoms. The van der Waals surface area contributed by atoms with Crippen molar-refractivity contribution >= 4 is 17.5 Å². The minimum Gasteiger partial charge on any atom is -0.350 e. The van der Waals surface area contributed by atoms with E-state index in [2.05, 4.69) is 27.3 Å². The maximum atomic E-state index is 12.1. The summed E-state index contributed by atoms with van der Waals surface area (Å²) < 4.78 is 0. The Bertz CT molecular complexity index is 584. The van der Waals surface area contributed by atoms with Crippen molar-refractivity contribution in [1.82, 2.24) is 15.2 Å². The number of hydrogen-bond donors (Lipinski definition) is 1. The Labute approximate surface area is 129 Å². The zero-order chi connectivity index (χ0) is 15.2. The summed E-state index contributed by atoms with van der Waals surface area (Å²) in [6.07, 6.45) is 1.48. The first-order chi connectivity index (χ1) is 10.1. The van der Waals surface area contributed by atoms with Crippen LogP contribution in [0.5, 0.6) is 0 Å². The van der Waals surface area contributed by atoms with Crippen molar-refractivity contribution < 1.29 is 4.79 Å². The molecule has 0 fully saturated rings. The normalized spacial score (nSPS) is 12.2. The summed E-state index contributed by atoms with van der Waals surface area (Å²) in [6, 6.07) is 13.5. The molecule has 1 unspecified atom stereocenters. The molecule has 0 saturated carbocycles. The highest BCUT2D eigenvalue weighted by molar-refractivity contribution is 6.29. The molecule has 2 rings (SSSR count). The summed E-state index contributed by atoms with van der Waals surface area (Å²) in [6.45, 7) is 0.526. The topological polar surface area (TPSA) is 45.2 Å². The van der Waals surface area contributed by atoms with Crippen LogP contribution in [0.4, 0.5) is 0 Å². The maximum absolute atomic E-state index is 12.1. The SMILES string of the molecule is CN(C)C(CNC(=O)c1ccc(Cl)nc1)c1ccccc1. The lowest BCUT2D eigenvalue weighted by atomic mass is 10.1. The summed E-state index contributed by atoms with van der Waals surface area (Å²) in [5.41, 5.74) is 1.67. The van der Waals surface area contributed by atoms with Crippen LogP contribution in [-0.2, 0) is 0 Å². The molecule has 4 nitrogen and oxygen atoms in total. The third kappa shape index (κ3) is 4.28. The molecule has 1 aromatic heterocycles. The molecule has 1 amide bonds. The minimum absolute atomic E-state index is 0.121. The van der Waals surface area contributed by atoms with Gasteiger partial charge in [0.15, 0.2) is 0 Å². The highest BCUT2D eigenvalue weighted by atomic mass is 35.5. The molecule has 1 aromatic carbocycles. The number of amides is 1. The van der Waals surface area contributed by atoms with E-state index in [0.29, 0.717) is 17.3 Å². The monoisotopic (exact) mass is 303 g/mol. The van der Waals surface area contributed by atoms with Gasteiger partial charge in [0.05, 0.1) is 11.6 Å². The third-order valence-electron chi connectivity index (χ3n) is 3.25. The van der Waals surface area contributed by atoms with Crippen molar-refractivity contribution in [2.75, 3.05) is 20.6 Å². The Morgan fingerprint density at radius 3 is 2.52 bits per heavy atom. The highest BCUT2D eigenvalue weighted by Crippen LogP contribution is 2.16. The second-order valence-corrected chi connectivity index (χ2v) is 5.36. The predicted molar refractivity (Wildman–Crippen MR) is 84.5 cm³/mol. The molecular formula is C16H18ClN3O. The predicted octanol–water partition coefficient (Wildman–Crippen LogP) is 2.77. The van der Waals surface area contributed by atoms with Gasteiger partial charge in [-0.05, 0) is 31.8 Å². The van der Waals surface area contributed by atoms with E-state index in [1.165, 1.54) is 6.20 Å². The van der Waals surface area contributed by atoms with Crippen LogP contribution in [0.2, 0.25) is 5.15 Å². The molecule has 1 heterocycles. The molecule has 0 aliphatic rings. The van der Waals surface area contributed by atoms with Gasteiger partial charge in [-0.1, -0.05) is 41.9 Å². The lowest BCUT2D eigenvalue weighted by molar-refractivity contribution is 0.0941. The summed E-state index contributed by atoms with van der Waals surface area (Å²) in [5.74, 6) is -0.151. The standard InChI is InChI=1S/C16H18ClN3O/c1-20(2)14(12-6-4-3-5-7-12)11-19-16(21)13-8-9-15(17)18-10-13/h3-10,14H,11H2,1-2H3,(H,19,21). The summed E-state index contributed by atoms with van der Waals surface area (Å²) >= 11 is 5.72. The van der Waals surface area contributed by atoms with Crippen LogP contribution in [0.15, 0.2) is 48.7 Å². The van der Waals surface area contributed by atoms with Gasteiger partial charge in [0.2, 0.25) is 0 Å². The van der Waals surface area contributed by atoms with Gasteiger partial charge in [-0.2, -0.15) is 0 Å². The van der Waals surface area contributed by atoms with Gasteiger partial charge in [0, 0.05) is 12.7 Å². The van der Waals surface area contributed by atoms with E-state index >= 15 is 0 Å². The largest absolute Gasteiger partial charge is 0.350 e. The number of carbonyl (C=O) groups excluding carboxylic acids is 1. The number of carbonyl (C=O) groups is 1.